The van der Waals surface area contributed by atoms with Crippen LogP contribution < -0.4 is 0 Å². The molecule has 2 fully saturated rings. The van der Waals surface area contributed by atoms with Crippen LogP contribution >= 0.6 is 0 Å². The molecule has 0 N–H and O–H groups in total. The number of carbonyl (C=O) groups excluding carboxylic acids is 1. The van der Waals surface area contributed by atoms with Gasteiger partial charge in [-0.2, -0.15) is 0 Å². The normalized spacial score (nSPS) is 21.5. The predicted molar refractivity (Wildman–Crippen MR) is 45.3 cm³/mol. The number of hydrogen-bond acceptors (Lipinski definition) is 2. The van der Waals surface area contributed by atoms with Crippen LogP contribution in [0.2, 0.25) is 0 Å². The minimum absolute atomic E-state index is 0.149. The fourth-order valence-electron chi connectivity index (χ4n) is 1.50. The van der Waals surface area contributed by atoms with E-state index in [0.29, 0.717) is 0 Å². The summed E-state index contributed by atoms with van der Waals surface area (Å²) in [5, 5.41) is 0. The molecule has 1 saturated heterocycles. The first kappa shape index (κ1) is 7.59. The van der Waals surface area contributed by atoms with Crippen molar-refractivity contribution in [2.24, 2.45) is 0 Å². The Labute approximate surface area is 71.9 Å². The van der Waals surface area contributed by atoms with Crippen molar-refractivity contribution in [3.63, 3.8) is 0 Å². The highest BCUT2D eigenvalue weighted by Crippen LogP contribution is 2.39. The van der Waals surface area contributed by atoms with Gasteiger partial charge in [0.2, 0.25) is 0 Å². The van der Waals surface area contributed by atoms with Gasteiger partial charge in [0.25, 0.3) is 0 Å². The van der Waals surface area contributed by atoms with Crippen LogP contribution in [0, 0.1) is 0 Å². The van der Waals surface area contributed by atoms with Crippen molar-refractivity contribution in [2.75, 3.05) is 0 Å². The molecular formula is C10H12O2. The van der Waals surface area contributed by atoms with E-state index in [1.54, 1.807) is 0 Å². The third kappa shape index (κ3) is 0.909. The minimum atomic E-state index is -0.149. The Balaban J connectivity index is 2.33. The minimum Gasteiger partial charge on any atom is -0.422 e. The van der Waals surface area contributed by atoms with Gasteiger partial charge in [-0.3, -0.25) is 0 Å². The molecule has 0 radical (unpaired) electrons. The summed E-state index contributed by atoms with van der Waals surface area (Å²) in [6, 6.07) is 0. The van der Waals surface area contributed by atoms with Gasteiger partial charge in [-0.1, -0.05) is 5.57 Å². The molecule has 0 spiro atoms. The first-order chi connectivity index (χ1) is 5.70. The molecule has 2 heteroatoms. The van der Waals surface area contributed by atoms with Crippen LogP contribution in [-0.2, 0) is 9.53 Å². The van der Waals surface area contributed by atoms with Crippen molar-refractivity contribution in [1.82, 2.24) is 0 Å². The molecule has 0 bridgehead atoms. The van der Waals surface area contributed by atoms with Crippen LogP contribution in [0.25, 0.3) is 0 Å². The quantitative estimate of drug-likeness (QED) is 0.405. The highest BCUT2D eigenvalue weighted by atomic mass is 16.6. The summed E-state index contributed by atoms with van der Waals surface area (Å²) in [5.41, 5.74) is 3.22. The third-order valence-electron chi connectivity index (χ3n) is 2.40. The van der Waals surface area contributed by atoms with E-state index >= 15 is 0 Å². The Morgan fingerprint density at radius 3 is 2.33 bits per heavy atom. The average Bonchev–Trinajstić information content (AvgIpc) is 1.80. The van der Waals surface area contributed by atoms with Crippen LogP contribution in [0.1, 0.15) is 33.1 Å². The summed E-state index contributed by atoms with van der Waals surface area (Å²) < 4.78 is 5.00. The standard InChI is InChI=1S/C10H12O2/c1-6(2)8-9(12-10(8)11)7-4-3-5-7/h3-5H2,1-2H3. The smallest absolute Gasteiger partial charge is 0.347 e. The molecule has 0 aromatic heterocycles. The van der Waals surface area contributed by atoms with Gasteiger partial charge >= 0.3 is 5.97 Å². The van der Waals surface area contributed by atoms with E-state index < -0.39 is 0 Å². The molecule has 0 unspecified atom stereocenters. The Bertz CT molecular complexity index is 298. The summed E-state index contributed by atoms with van der Waals surface area (Å²) in [4.78, 5) is 11.0. The first-order valence-corrected chi connectivity index (χ1v) is 4.32. The van der Waals surface area contributed by atoms with Crippen molar-refractivity contribution < 1.29 is 9.53 Å². The maximum absolute atomic E-state index is 11.0. The maximum atomic E-state index is 11.0. The molecule has 12 heavy (non-hydrogen) atoms. The zero-order chi connectivity index (χ0) is 8.72. The number of ether oxygens (including phenoxy) is 1. The molecule has 1 aliphatic heterocycles. The van der Waals surface area contributed by atoms with E-state index in [1.165, 1.54) is 12.0 Å². The van der Waals surface area contributed by atoms with Crippen LogP contribution in [0.4, 0.5) is 0 Å². The van der Waals surface area contributed by atoms with Crippen molar-refractivity contribution in [2.45, 2.75) is 33.1 Å². The van der Waals surface area contributed by atoms with Crippen molar-refractivity contribution in [3.8, 4) is 0 Å². The molecule has 0 aromatic rings. The fraction of sp³-hybridized carbons (Fsp3) is 0.500. The molecule has 2 aliphatic rings. The molecule has 1 heterocycles. The first-order valence-electron chi connectivity index (χ1n) is 4.32. The third-order valence-corrected chi connectivity index (χ3v) is 2.40. The van der Waals surface area contributed by atoms with Crippen LogP contribution in [0.5, 0.6) is 0 Å². The molecule has 2 nitrogen and oxygen atoms in total. The zero-order valence-electron chi connectivity index (χ0n) is 7.44. The highest BCUT2D eigenvalue weighted by molar-refractivity contribution is 6.01. The number of esters is 1. The second kappa shape index (κ2) is 2.47. The summed E-state index contributed by atoms with van der Waals surface area (Å²) in [6.45, 7) is 3.91. The summed E-state index contributed by atoms with van der Waals surface area (Å²) in [6.07, 6.45) is 3.46. The highest BCUT2D eigenvalue weighted by Gasteiger charge is 2.35. The number of carbonyl (C=O) groups is 1. The van der Waals surface area contributed by atoms with Crippen molar-refractivity contribution in [3.05, 3.63) is 22.5 Å². The van der Waals surface area contributed by atoms with Gasteiger partial charge in [-0.05, 0) is 38.7 Å². The van der Waals surface area contributed by atoms with Gasteiger partial charge in [0.1, 0.15) is 11.3 Å². The largest absolute Gasteiger partial charge is 0.422 e. The van der Waals surface area contributed by atoms with Gasteiger partial charge < -0.3 is 4.74 Å². The fourth-order valence-corrected chi connectivity index (χ4v) is 1.50. The number of hydrogen-bond donors (Lipinski definition) is 0. The molecule has 0 aromatic carbocycles. The Hall–Kier alpha value is -1.05. The van der Waals surface area contributed by atoms with Gasteiger partial charge in [0.05, 0.1) is 0 Å². The SMILES string of the molecule is CC(C)=C1C(=O)OC1=C1CCC1. The molecule has 1 saturated carbocycles. The molecular weight excluding hydrogens is 152 g/mol. The summed E-state index contributed by atoms with van der Waals surface area (Å²) in [5.74, 6) is 0.732. The zero-order valence-corrected chi connectivity index (χ0v) is 7.44. The van der Waals surface area contributed by atoms with Crippen LogP contribution in [0.15, 0.2) is 22.5 Å². The van der Waals surface area contributed by atoms with E-state index in [0.717, 1.165) is 29.7 Å². The number of rotatable bonds is 0. The maximum Gasteiger partial charge on any atom is 0.347 e. The van der Waals surface area contributed by atoms with Crippen LogP contribution in [0.3, 0.4) is 0 Å². The molecule has 0 amide bonds. The molecule has 64 valence electrons. The monoisotopic (exact) mass is 164 g/mol. The Kier molecular flexibility index (Phi) is 1.56. The summed E-state index contributed by atoms with van der Waals surface area (Å²) in [7, 11) is 0. The topological polar surface area (TPSA) is 26.3 Å². The van der Waals surface area contributed by atoms with E-state index in [1.807, 2.05) is 13.8 Å². The van der Waals surface area contributed by atoms with Crippen molar-refractivity contribution in [1.29, 1.82) is 0 Å². The van der Waals surface area contributed by atoms with Crippen molar-refractivity contribution >= 4 is 5.97 Å². The average molecular weight is 164 g/mol. The molecule has 0 atom stereocenters. The molecule has 1 aliphatic carbocycles. The second-order valence-electron chi connectivity index (χ2n) is 3.55. The van der Waals surface area contributed by atoms with E-state index in [4.69, 9.17) is 4.74 Å². The van der Waals surface area contributed by atoms with Gasteiger partial charge in [-0.25, -0.2) is 4.79 Å². The van der Waals surface area contributed by atoms with E-state index in [9.17, 15) is 4.79 Å². The van der Waals surface area contributed by atoms with E-state index in [2.05, 4.69) is 0 Å². The lowest BCUT2D eigenvalue weighted by molar-refractivity contribution is -0.141. The number of allylic oxidation sites excluding steroid dienone is 2. The van der Waals surface area contributed by atoms with E-state index in [-0.39, 0.29) is 5.97 Å². The van der Waals surface area contributed by atoms with Gasteiger partial charge in [0, 0.05) is 0 Å². The molecule has 2 rings (SSSR count). The summed E-state index contributed by atoms with van der Waals surface area (Å²) >= 11 is 0. The van der Waals surface area contributed by atoms with Crippen LogP contribution in [-0.4, -0.2) is 5.97 Å². The predicted octanol–water partition coefficient (Wildman–Crippen LogP) is 2.32. The second-order valence-corrected chi connectivity index (χ2v) is 3.55. The lowest BCUT2D eigenvalue weighted by Gasteiger charge is -2.29. The number of cyclic esters (lactones) is 1. The van der Waals surface area contributed by atoms with Gasteiger partial charge in [0.15, 0.2) is 0 Å². The Morgan fingerprint density at radius 2 is 2.00 bits per heavy atom. The lowest BCUT2D eigenvalue weighted by atomic mass is 9.87. The lowest BCUT2D eigenvalue weighted by Crippen LogP contribution is -2.26. The Morgan fingerprint density at radius 1 is 1.33 bits per heavy atom. The van der Waals surface area contributed by atoms with Gasteiger partial charge in [-0.15, -0.1) is 0 Å².